The van der Waals surface area contributed by atoms with Crippen LogP contribution in [0, 0.1) is 6.92 Å². The molecule has 0 atom stereocenters. The number of carbonyl (C=O) groups is 1. The molecular formula is C11H16N4O. The summed E-state index contributed by atoms with van der Waals surface area (Å²) < 4.78 is 0. The van der Waals surface area contributed by atoms with Crippen LogP contribution in [0.3, 0.4) is 0 Å². The fraction of sp³-hybridized carbons (Fsp3) is 0.273. The predicted octanol–water partition coefficient (Wildman–Crippen LogP) is 0.416. The van der Waals surface area contributed by atoms with E-state index in [4.69, 9.17) is 11.5 Å². The minimum Gasteiger partial charge on any atom is -0.366 e. The third-order valence-electron chi connectivity index (χ3n) is 1.99. The van der Waals surface area contributed by atoms with Gasteiger partial charge in [-0.05, 0) is 19.1 Å². The molecule has 0 aliphatic carbocycles. The van der Waals surface area contributed by atoms with Crippen LogP contribution in [0.25, 0.3) is 0 Å². The number of aryl methyl sites for hydroxylation is 1. The Morgan fingerprint density at radius 3 is 2.88 bits per heavy atom. The smallest absolute Gasteiger partial charge is 0.252 e. The number of primary amides is 1. The number of amides is 1. The van der Waals surface area contributed by atoms with Gasteiger partial charge in [-0.15, -0.1) is 0 Å². The van der Waals surface area contributed by atoms with Crippen molar-refractivity contribution in [2.45, 2.75) is 6.92 Å². The van der Waals surface area contributed by atoms with Crippen LogP contribution in [0.1, 0.15) is 16.1 Å². The minimum atomic E-state index is -0.488. The Morgan fingerprint density at radius 1 is 1.50 bits per heavy atom. The Balaban J connectivity index is 2.80. The molecule has 5 nitrogen and oxygen atoms in total. The Kier molecular flexibility index (Phi) is 4.47. The highest BCUT2D eigenvalue weighted by molar-refractivity contribution is 5.97. The van der Waals surface area contributed by atoms with Gasteiger partial charge in [-0.1, -0.05) is 12.2 Å². The number of hydrogen-bond acceptors (Lipinski definition) is 4. The summed E-state index contributed by atoms with van der Waals surface area (Å²) in [7, 11) is 0. The van der Waals surface area contributed by atoms with Crippen LogP contribution in [-0.4, -0.2) is 24.0 Å². The molecule has 0 radical (unpaired) electrons. The second-order valence-electron chi connectivity index (χ2n) is 3.30. The Bertz CT molecular complexity index is 401. The topological polar surface area (TPSA) is 94.0 Å². The van der Waals surface area contributed by atoms with Crippen LogP contribution in [0.15, 0.2) is 24.3 Å². The van der Waals surface area contributed by atoms with Gasteiger partial charge in [0.25, 0.3) is 5.91 Å². The fourth-order valence-corrected chi connectivity index (χ4v) is 1.23. The van der Waals surface area contributed by atoms with Gasteiger partial charge < -0.3 is 16.8 Å². The zero-order valence-electron chi connectivity index (χ0n) is 9.23. The number of anilines is 1. The Hall–Kier alpha value is -1.88. The molecule has 1 heterocycles. The number of nitrogens with one attached hydrogen (secondary N) is 1. The molecule has 1 amide bonds. The van der Waals surface area contributed by atoms with Crippen LogP contribution >= 0.6 is 0 Å². The van der Waals surface area contributed by atoms with Crippen molar-refractivity contribution in [1.82, 2.24) is 4.98 Å². The molecule has 1 rings (SSSR count). The molecule has 5 heteroatoms. The zero-order valence-corrected chi connectivity index (χ0v) is 9.23. The second kappa shape index (κ2) is 5.87. The molecule has 5 N–H and O–H groups in total. The van der Waals surface area contributed by atoms with E-state index in [0.29, 0.717) is 24.5 Å². The lowest BCUT2D eigenvalue weighted by Gasteiger charge is -2.07. The van der Waals surface area contributed by atoms with Gasteiger partial charge in [-0.3, -0.25) is 4.79 Å². The molecule has 0 spiro atoms. The van der Waals surface area contributed by atoms with E-state index in [1.807, 2.05) is 19.1 Å². The largest absolute Gasteiger partial charge is 0.366 e. The van der Waals surface area contributed by atoms with Crippen LogP contribution in [0.4, 0.5) is 5.82 Å². The average Bonchev–Trinajstić information content (AvgIpc) is 2.24. The predicted molar refractivity (Wildman–Crippen MR) is 64.2 cm³/mol. The maximum absolute atomic E-state index is 11.1. The highest BCUT2D eigenvalue weighted by Crippen LogP contribution is 2.12. The number of carbonyl (C=O) groups excluding carboxylic acids is 1. The van der Waals surface area contributed by atoms with Gasteiger partial charge in [0.15, 0.2) is 0 Å². The van der Waals surface area contributed by atoms with E-state index in [-0.39, 0.29) is 0 Å². The van der Waals surface area contributed by atoms with Crippen molar-refractivity contribution in [2.75, 3.05) is 18.4 Å². The molecule has 1 aromatic rings. The first-order valence-electron chi connectivity index (χ1n) is 5.01. The van der Waals surface area contributed by atoms with E-state index < -0.39 is 5.91 Å². The fourth-order valence-electron chi connectivity index (χ4n) is 1.23. The summed E-state index contributed by atoms with van der Waals surface area (Å²) in [4.78, 5) is 15.3. The number of nitrogens with zero attached hydrogens (tertiary/aromatic N) is 1. The third kappa shape index (κ3) is 3.36. The van der Waals surface area contributed by atoms with Gasteiger partial charge in [0.05, 0.1) is 5.56 Å². The summed E-state index contributed by atoms with van der Waals surface area (Å²) in [6.07, 6.45) is 3.70. The highest BCUT2D eigenvalue weighted by Gasteiger charge is 2.08. The van der Waals surface area contributed by atoms with E-state index in [9.17, 15) is 4.79 Å². The van der Waals surface area contributed by atoms with Crippen molar-refractivity contribution in [1.29, 1.82) is 0 Å². The standard InChI is InChI=1S/C11H16N4O/c1-8-4-5-9(10(13)16)11(15-8)14-7-3-2-6-12/h2-5H,6-7,12H2,1H3,(H2,13,16)(H,14,15)/b3-2+. The number of nitrogens with two attached hydrogens (primary N) is 2. The molecule has 0 unspecified atom stereocenters. The lowest BCUT2D eigenvalue weighted by molar-refractivity contribution is 0.100. The van der Waals surface area contributed by atoms with Crippen LogP contribution in [0.2, 0.25) is 0 Å². The van der Waals surface area contributed by atoms with Crippen molar-refractivity contribution in [2.24, 2.45) is 11.5 Å². The van der Waals surface area contributed by atoms with Gasteiger partial charge in [-0.2, -0.15) is 0 Å². The molecule has 0 aromatic carbocycles. The van der Waals surface area contributed by atoms with E-state index in [0.717, 1.165) is 5.69 Å². The second-order valence-corrected chi connectivity index (χ2v) is 3.30. The van der Waals surface area contributed by atoms with Gasteiger partial charge in [0.2, 0.25) is 0 Å². The molecule has 0 aliphatic heterocycles. The minimum absolute atomic E-state index is 0.395. The normalized spacial score (nSPS) is 10.6. The van der Waals surface area contributed by atoms with Gasteiger partial charge in [0, 0.05) is 18.8 Å². The summed E-state index contributed by atoms with van der Waals surface area (Å²) in [6.45, 7) is 2.91. The van der Waals surface area contributed by atoms with E-state index in [1.165, 1.54) is 0 Å². The molecule has 16 heavy (non-hydrogen) atoms. The number of pyridine rings is 1. The number of rotatable bonds is 5. The maximum Gasteiger partial charge on any atom is 0.252 e. The van der Waals surface area contributed by atoms with Crippen LogP contribution in [-0.2, 0) is 0 Å². The summed E-state index contributed by atoms with van der Waals surface area (Å²) in [5, 5.41) is 3.02. The molecular weight excluding hydrogens is 204 g/mol. The quantitative estimate of drug-likeness (QED) is 0.627. The average molecular weight is 220 g/mol. The maximum atomic E-state index is 11.1. The van der Waals surface area contributed by atoms with Crippen LogP contribution < -0.4 is 16.8 Å². The van der Waals surface area contributed by atoms with E-state index in [1.54, 1.807) is 12.1 Å². The van der Waals surface area contributed by atoms with Crippen molar-refractivity contribution >= 4 is 11.7 Å². The van der Waals surface area contributed by atoms with Crippen LogP contribution in [0.5, 0.6) is 0 Å². The molecule has 86 valence electrons. The summed E-state index contributed by atoms with van der Waals surface area (Å²) >= 11 is 0. The summed E-state index contributed by atoms with van der Waals surface area (Å²) in [6, 6.07) is 3.42. The Labute approximate surface area is 94.5 Å². The van der Waals surface area contributed by atoms with Gasteiger partial charge in [-0.25, -0.2) is 4.98 Å². The highest BCUT2D eigenvalue weighted by atomic mass is 16.1. The van der Waals surface area contributed by atoms with Crippen molar-refractivity contribution in [3.63, 3.8) is 0 Å². The number of aromatic nitrogens is 1. The molecule has 0 bridgehead atoms. The SMILES string of the molecule is Cc1ccc(C(N)=O)c(NC/C=C/CN)n1. The molecule has 0 aliphatic rings. The van der Waals surface area contributed by atoms with Crippen molar-refractivity contribution < 1.29 is 4.79 Å². The third-order valence-corrected chi connectivity index (χ3v) is 1.99. The Morgan fingerprint density at radius 2 is 2.25 bits per heavy atom. The first-order valence-corrected chi connectivity index (χ1v) is 5.01. The zero-order chi connectivity index (χ0) is 12.0. The van der Waals surface area contributed by atoms with Crippen molar-refractivity contribution in [3.05, 3.63) is 35.5 Å². The monoisotopic (exact) mass is 220 g/mol. The molecule has 0 saturated carbocycles. The van der Waals surface area contributed by atoms with Gasteiger partial charge >= 0.3 is 0 Å². The summed E-state index contributed by atoms with van der Waals surface area (Å²) in [5.41, 5.74) is 11.8. The van der Waals surface area contributed by atoms with E-state index in [2.05, 4.69) is 10.3 Å². The first kappa shape index (κ1) is 12.2. The van der Waals surface area contributed by atoms with Gasteiger partial charge in [0.1, 0.15) is 5.82 Å². The lowest BCUT2D eigenvalue weighted by atomic mass is 10.2. The van der Waals surface area contributed by atoms with Crippen molar-refractivity contribution in [3.8, 4) is 0 Å². The molecule has 0 fully saturated rings. The molecule has 1 aromatic heterocycles. The first-order chi connectivity index (χ1) is 7.65. The number of hydrogen-bond donors (Lipinski definition) is 3. The lowest BCUT2D eigenvalue weighted by Crippen LogP contribution is -2.16. The van der Waals surface area contributed by atoms with E-state index >= 15 is 0 Å². The summed E-state index contributed by atoms with van der Waals surface area (Å²) in [5.74, 6) is 0.0203. The molecule has 0 saturated heterocycles.